The maximum atomic E-state index is 9.58. The Balaban J connectivity index is 1.66. The van der Waals surface area contributed by atoms with Crippen LogP contribution in [0.15, 0.2) is 28.9 Å². The normalized spacial score (nSPS) is 22.3. The minimum atomic E-state index is -0.182. The van der Waals surface area contributed by atoms with Gasteiger partial charge in [0.1, 0.15) is 18.2 Å². The van der Waals surface area contributed by atoms with E-state index in [-0.39, 0.29) is 18.7 Å². The summed E-state index contributed by atoms with van der Waals surface area (Å²) < 4.78 is 16.6. The second-order valence-electron chi connectivity index (χ2n) is 8.07. The Labute approximate surface area is 180 Å². The number of hydrogen-bond acceptors (Lipinski definition) is 9. The van der Waals surface area contributed by atoms with Crippen LogP contribution in [-0.4, -0.2) is 71.7 Å². The Hall–Kier alpha value is -2.75. The highest BCUT2D eigenvalue weighted by atomic mass is 16.5. The van der Waals surface area contributed by atoms with Crippen LogP contribution in [0, 0.1) is 0 Å². The fraction of sp³-hybridized carbons (Fsp3) is 0.500. The molecule has 0 saturated carbocycles. The molecule has 2 saturated heterocycles. The van der Waals surface area contributed by atoms with Crippen LogP contribution in [-0.2, 0) is 16.1 Å². The molecule has 3 aromatic rings. The number of nitrogens with zero attached hydrogens (tertiary/aromatic N) is 5. The molecular weight excluding hydrogens is 398 g/mol. The quantitative estimate of drug-likeness (QED) is 0.675. The number of rotatable bonds is 4. The number of morpholine rings is 2. The van der Waals surface area contributed by atoms with Crippen molar-refractivity contribution >= 4 is 22.8 Å². The molecule has 9 nitrogen and oxygen atoms in total. The van der Waals surface area contributed by atoms with Crippen LogP contribution in [0.1, 0.15) is 19.6 Å². The van der Waals surface area contributed by atoms with Gasteiger partial charge in [-0.15, -0.1) is 0 Å². The molecule has 0 spiro atoms. The van der Waals surface area contributed by atoms with Crippen molar-refractivity contribution in [3.8, 4) is 11.3 Å². The van der Waals surface area contributed by atoms with E-state index < -0.39 is 0 Å². The zero-order chi connectivity index (χ0) is 21.4. The van der Waals surface area contributed by atoms with Gasteiger partial charge in [0.25, 0.3) is 0 Å². The number of aliphatic hydroxyl groups is 1. The standard InChI is InChI=1S/C22H27N5O4/c1-14-12-29-9-6-26(14)21-17-3-4-18(16-5-8-31-19(16)11-28)23-20(17)24-22(25-21)27-7-10-30-13-15(27)2/h3-5,8,14-15,28H,6-7,9-13H2,1-2H3/t14-,15-/m0/s1. The lowest BCUT2D eigenvalue weighted by Crippen LogP contribution is -2.46. The fourth-order valence-electron chi connectivity index (χ4n) is 4.24. The van der Waals surface area contributed by atoms with E-state index in [1.807, 2.05) is 18.2 Å². The maximum Gasteiger partial charge on any atom is 0.229 e. The predicted octanol–water partition coefficient (Wildman–Crippen LogP) is 2.23. The molecule has 0 radical (unpaired) electrons. The molecule has 9 heteroatoms. The van der Waals surface area contributed by atoms with Crippen molar-refractivity contribution in [2.75, 3.05) is 49.3 Å². The molecule has 164 valence electrons. The van der Waals surface area contributed by atoms with Gasteiger partial charge in [0, 0.05) is 18.7 Å². The van der Waals surface area contributed by atoms with Crippen LogP contribution in [0.3, 0.4) is 0 Å². The van der Waals surface area contributed by atoms with Gasteiger partial charge in [0.05, 0.1) is 55.9 Å². The van der Waals surface area contributed by atoms with Gasteiger partial charge >= 0.3 is 0 Å². The highest BCUT2D eigenvalue weighted by Gasteiger charge is 2.27. The molecule has 0 aliphatic carbocycles. The van der Waals surface area contributed by atoms with Crippen LogP contribution in [0.2, 0.25) is 0 Å². The van der Waals surface area contributed by atoms with Gasteiger partial charge in [-0.2, -0.15) is 9.97 Å². The molecule has 2 aliphatic rings. The van der Waals surface area contributed by atoms with Crippen LogP contribution in [0.25, 0.3) is 22.3 Å². The van der Waals surface area contributed by atoms with Gasteiger partial charge in [0.15, 0.2) is 5.65 Å². The summed E-state index contributed by atoms with van der Waals surface area (Å²) in [5.41, 5.74) is 2.11. The van der Waals surface area contributed by atoms with Crippen molar-refractivity contribution in [1.29, 1.82) is 0 Å². The Kier molecular flexibility index (Phi) is 5.47. The van der Waals surface area contributed by atoms with Crippen LogP contribution in [0.4, 0.5) is 11.8 Å². The van der Waals surface area contributed by atoms with E-state index >= 15 is 0 Å². The van der Waals surface area contributed by atoms with E-state index in [2.05, 4.69) is 23.6 Å². The zero-order valence-electron chi connectivity index (χ0n) is 17.8. The highest BCUT2D eigenvalue weighted by molar-refractivity contribution is 5.90. The molecular formula is C22H27N5O4. The summed E-state index contributed by atoms with van der Waals surface area (Å²) in [5, 5.41) is 10.5. The summed E-state index contributed by atoms with van der Waals surface area (Å²) in [7, 11) is 0. The third-order valence-electron chi connectivity index (χ3n) is 5.96. The smallest absolute Gasteiger partial charge is 0.229 e. The fourth-order valence-corrected chi connectivity index (χ4v) is 4.24. The number of furan rings is 1. The van der Waals surface area contributed by atoms with Crippen molar-refractivity contribution in [3.05, 3.63) is 30.2 Å². The molecule has 3 aromatic heterocycles. The topological polar surface area (TPSA) is 97.0 Å². The first-order chi connectivity index (χ1) is 15.2. The lowest BCUT2D eigenvalue weighted by atomic mass is 10.1. The minimum Gasteiger partial charge on any atom is -0.466 e. The third kappa shape index (κ3) is 3.73. The molecule has 31 heavy (non-hydrogen) atoms. The van der Waals surface area contributed by atoms with Crippen LogP contribution < -0.4 is 9.80 Å². The second kappa shape index (κ2) is 8.41. The van der Waals surface area contributed by atoms with E-state index in [4.69, 9.17) is 28.8 Å². The first kappa shape index (κ1) is 20.2. The Morgan fingerprint density at radius 2 is 1.71 bits per heavy atom. The largest absolute Gasteiger partial charge is 0.466 e. The average Bonchev–Trinajstić information content (AvgIpc) is 3.28. The minimum absolute atomic E-state index is 0.180. The molecule has 0 bridgehead atoms. The van der Waals surface area contributed by atoms with E-state index in [0.717, 1.165) is 29.9 Å². The number of aromatic nitrogens is 3. The van der Waals surface area contributed by atoms with Crippen molar-refractivity contribution in [2.45, 2.75) is 32.5 Å². The molecule has 1 N–H and O–H groups in total. The van der Waals surface area contributed by atoms with E-state index in [1.54, 1.807) is 6.26 Å². The summed E-state index contributed by atoms with van der Waals surface area (Å²) >= 11 is 0. The van der Waals surface area contributed by atoms with Crippen LogP contribution >= 0.6 is 0 Å². The third-order valence-corrected chi connectivity index (χ3v) is 5.96. The number of fused-ring (bicyclic) bond motifs is 1. The Bertz CT molecular complexity index is 1070. The van der Waals surface area contributed by atoms with Gasteiger partial charge in [-0.1, -0.05) is 0 Å². The number of anilines is 2. The van der Waals surface area contributed by atoms with Gasteiger partial charge in [-0.05, 0) is 32.0 Å². The molecule has 0 unspecified atom stereocenters. The monoisotopic (exact) mass is 425 g/mol. The summed E-state index contributed by atoms with van der Waals surface area (Å²) in [6.07, 6.45) is 1.56. The molecule has 2 aliphatic heterocycles. The van der Waals surface area contributed by atoms with Crippen molar-refractivity contribution in [3.63, 3.8) is 0 Å². The van der Waals surface area contributed by atoms with Crippen molar-refractivity contribution in [1.82, 2.24) is 15.0 Å². The Morgan fingerprint density at radius 3 is 2.42 bits per heavy atom. The molecule has 5 rings (SSSR count). The molecule has 2 atom stereocenters. The number of ether oxygens (including phenoxy) is 2. The lowest BCUT2D eigenvalue weighted by Gasteiger charge is -2.37. The number of aliphatic hydroxyl groups excluding tert-OH is 1. The maximum absolute atomic E-state index is 9.58. The summed E-state index contributed by atoms with van der Waals surface area (Å²) in [6, 6.07) is 6.14. The molecule has 0 amide bonds. The van der Waals surface area contributed by atoms with Crippen molar-refractivity contribution < 1.29 is 19.0 Å². The second-order valence-corrected chi connectivity index (χ2v) is 8.07. The summed E-state index contributed by atoms with van der Waals surface area (Å²) in [6.45, 7) is 8.21. The molecule has 2 fully saturated rings. The van der Waals surface area contributed by atoms with E-state index in [0.29, 0.717) is 49.5 Å². The average molecular weight is 425 g/mol. The first-order valence-corrected chi connectivity index (χ1v) is 10.7. The number of hydrogen-bond donors (Lipinski definition) is 1. The summed E-state index contributed by atoms with van der Waals surface area (Å²) in [4.78, 5) is 19.2. The predicted molar refractivity (Wildman–Crippen MR) is 116 cm³/mol. The van der Waals surface area contributed by atoms with Gasteiger partial charge in [-0.25, -0.2) is 4.98 Å². The van der Waals surface area contributed by atoms with E-state index in [1.165, 1.54) is 0 Å². The van der Waals surface area contributed by atoms with Crippen molar-refractivity contribution in [2.24, 2.45) is 0 Å². The Morgan fingerprint density at radius 1 is 0.968 bits per heavy atom. The van der Waals surface area contributed by atoms with Gasteiger partial charge in [0.2, 0.25) is 5.95 Å². The van der Waals surface area contributed by atoms with E-state index in [9.17, 15) is 5.11 Å². The SMILES string of the molecule is C[C@H]1COCCN1c1nc(N2CCOC[C@@H]2C)c2ccc(-c3ccoc3CO)nc2n1. The lowest BCUT2D eigenvalue weighted by molar-refractivity contribution is 0.0973. The first-order valence-electron chi connectivity index (χ1n) is 10.7. The molecule has 0 aromatic carbocycles. The van der Waals surface area contributed by atoms with Crippen LogP contribution in [0.5, 0.6) is 0 Å². The van der Waals surface area contributed by atoms with Gasteiger partial charge < -0.3 is 28.8 Å². The highest BCUT2D eigenvalue weighted by Crippen LogP contribution is 2.32. The number of pyridine rings is 1. The van der Waals surface area contributed by atoms with Gasteiger partial charge in [-0.3, -0.25) is 0 Å². The summed E-state index contributed by atoms with van der Waals surface area (Å²) in [5.74, 6) is 2.03. The zero-order valence-corrected chi connectivity index (χ0v) is 17.8. The molecule has 5 heterocycles.